The lowest BCUT2D eigenvalue weighted by Gasteiger charge is -2.16. The molecule has 1 heterocycles. The Labute approximate surface area is 175 Å². The number of aliphatic hydroxyl groups is 1. The summed E-state index contributed by atoms with van der Waals surface area (Å²) in [5, 5.41) is 16.4. The van der Waals surface area contributed by atoms with E-state index in [0.29, 0.717) is 6.54 Å². The number of benzene rings is 1. The van der Waals surface area contributed by atoms with Crippen LogP contribution in [0.4, 0.5) is 0 Å². The van der Waals surface area contributed by atoms with Crippen LogP contribution in [0.25, 0.3) is 0 Å². The number of halogens is 1. The summed E-state index contributed by atoms with van der Waals surface area (Å²) in [7, 11) is 0. The van der Waals surface area contributed by atoms with Crippen molar-refractivity contribution in [3.05, 3.63) is 35.9 Å². The van der Waals surface area contributed by atoms with Crippen LogP contribution in [-0.4, -0.2) is 61.8 Å². The zero-order chi connectivity index (χ0) is 17.7. The first kappa shape index (κ1) is 23.2. The number of hydrogen-bond acceptors (Lipinski definition) is 3. The molecule has 0 aliphatic carbocycles. The van der Waals surface area contributed by atoms with Gasteiger partial charge in [0.05, 0.1) is 13.2 Å². The molecule has 1 unspecified atom stereocenters. The van der Waals surface area contributed by atoms with Crippen molar-refractivity contribution in [1.29, 1.82) is 0 Å². The first-order chi connectivity index (χ1) is 12.3. The Morgan fingerprint density at radius 3 is 2.54 bits per heavy atom. The molecule has 0 amide bonds. The van der Waals surface area contributed by atoms with Gasteiger partial charge >= 0.3 is 0 Å². The second-order valence-corrected chi connectivity index (χ2v) is 6.69. The van der Waals surface area contributed by atoms with E-state index in [-0.39, 0.29) is 36.5 Å². The quantitative estimate of drug-likeness (QED) is 0.211. The highest BCUT2D eigenvalue weighted by atomic mass is 127. The van der Waals surface area contributed by atoms with E-state index in [9.17, 15) is 5.11 Å². The molecule has 26 heavy (non-hydrogen) atoms. The Balaban J connectivity index is 0.00000338. The Kier molecular flexibility index (Phi) is 12.7. The third-order valence-electron chi connectivity index (χ3n) is 4.70. The minimum atomic E-state index is 0. The molecule has 0 radical (unpaired) electrons. The number of hydrogen-bond donors (Lipinski definition) is 3. The Morgan fingerprint density at radius 1 is 1.15 bits per heavy atom. The van der Waals surface area contributed by atoms with E-state index in [0.717, 1.165) is 31.0 Å². The summed E-state index contributed by atoms with van der Waals surface area (Å²) < 4.78 is 0. The molecule has 1 aromatic rings. The highest BCUT2D eigenvalue weighted by molar-refractivity contribution is 14.0. The SMILES string of the molecule is CCNC(=NCC(CO)c1ccccc1)NCCCCN1CCCC1.I. The monoisotopic (exact) mass is 474 g/mol. The minimum absolute atomic E-state index is 0. The van der Waals surface area contributed by atoms with Crippen LogP contribution in [0.5, 0.6) is 0 Å². The van der Waals surface area contributed by atoms with Crippen LogP contribution in [0.2, 0.25) is 0 Å². The van der Waals surface area contributed by atoms with Crippen molar-refractivity contribution in [1.82, 2.24) is 15.5 Å². The average molecular weight is 474 g/mol. The van der Waals surface area contributed by atoms with Gasteiger partial charge in [-0.1, -0.05) is 30.3 Å². The van der Waals surface area contributed by atoms with Gasteiger partial charge in [-0.2, -0.15) is 0 Å². The first-order valence-corrected chi connectivity index (χ1v) is 9.73. The fraction of sp³-hybridized carbons (Fsp3) is 0.650. The predicted octanol–water partition coefficient (Wildman–Crippen LogP) is 2.81. The molecule has 2 rings (SSSR count). The number of nitrogens with one attached hydrogen (secondary N) is 2. The van der Waals surface area contributed by atoms with Crippen LogP contribution in [0, 0.1) is 0 Å². The van der Waals surface area contributed by atoms with Gasteiger partial charge < -0.3 is 20.6 Å². The molecule has 1 aliphatic heterocycles. The topological polar surface area (TPSA) is 59.9 Å². The molecular weight excluding hydrogens is 439 g/mol. The Hall–Kier alpha value is -0.860. The molecule has 1 aromatic carbocycles. The molecule has 0 spiro atoms. The summed E-state index contributed by atoms with van der Waals surface area (Å²) in [4.78, 5) is 7.22. The number of aliphatic imine (C=N–C) groups is 1. The van der Waals surface area contributed by atoms with Crippen LogP contribution in [-0.2, 0) is 0 Å². The van der Waals surface area contributed by atoms with Gasteiger partial charge in [0.15, 0.2) is 5.96 Å². The van der Waals surface area contributed by atoms with Crippen molar-refractivity contribution in [2.45, 2.75) is 38.5 Å². The standard InChI is InChI=1S/C20H34N4O.HI/c1-2-21-20(22-12-6-7-13-24-14-8-9-15-24)23-16-19(17-25)18-10-4-3-5-11-18;/h3-5,10-11,19,25H,2,6-9,12-17H2,1H3,(H2,21,22,23);1H. The van der Waals surface area contributed by atoms with Crippen molar-refractivity contribution in [2.75, 3.05) is 45.9 Å². The Bertz CT molecular complexity index is 492. The fourth-order valence-electron chi connectivity index (χ4n) is 3.21. The second kappa shape index (κ2) is 14.2. The maximum atomic E-state index is 9.66. The lowest BCUT2D eigenvalue weighted by Crippen LogP contribution is -2.38. The van der Waals surface area contributed by atoms with E-state index in [2.05, 4.69) is 39.6 Å². The van der Waals surface area contributed by atoms with Crippen molar-refractivity contribution in [2.24, 2.45) is 4.99 Å². The summed E-state index contributed by atoms with van der Waals surface area (Å²) in [5.41, 5.74) is 1.13. The van der Waals surface area contributed by atoms with Gasteiger partial charge in [0.1, 0.15) is 0 Å². The van der Waals surface area contributed by atoms with Gasteiger partial charge in [-0.15, -0.1) is 24.0 Å². The van der Waals surface area contributed by atoms with E-state index in [1.54, 1.807) is 0 Å². The predicted molar refractivity (Wildman–Crippen MR) is 121 cm³/mol. The van der Waals surface area contributed by atoms with Crippen LogP contribution in [0.1, 0.15) is 44.1 Å². The third-order valence-corrected chi connectivity index (χ3v) is 4.70. The van der Waals surface area contributed by atoms with Gasteiger partial charge in [0, 0.05) is 19.0 Å². The lowest BCUT2D eigenvalue weighted by atomic mass is 10.0. The van der Waals surface area contributed by atoms with Crippen LogP contribution in [0.15, 0.2) is 35.3 Å². The Morgan fingerprint density at radius 2 is 1.88 bits per heavy atom. The van der Waals surface area contributed by atoms with Crippen molar-refractivity contribution >= 4 is 29.9 Å². The zero-order valence-electron chi connectivity index (χ0n) is 16.0. The summed E-state index contributed by atoms with van der Waals surface area (Å²) in [5.74, 6) is 0.893. The third kappa shape index (κ3) is 8.68. The molecule has 6 heteroatoms. The van der Waals surface area contributed by atoms with Crippen LogP contribution < -0.4 is 10.6 Å². The minimum Gasteiger partial charge on any atom is -0.396 e. The summed E-state index contributed by atoms with van der Waals surface area (Å²) >= 11 is 0. The van der Waals surface area contributed by atoms with Gasteiger partial charge in [0.2, 0.25) is 0 Å². The molecule has 5 nitrogen and oxygen atoms in total. The second-order valence-electron chi connectivity index (χ2n) is 6.69. The largest absolute Gasteiger partial charge is 0.396 e. The van der Waals surface area contributed by atoms with Gasteiger partial charge in [-0.05, 0) is 57.8 Å². The molecule has 1 aliphatic rings. The summed E-state index contributed by atoms with van der Waals surface area (Å²) in [6.45, 7) is 8.33. The van der Waals surface area contributed by atoms with Crippen LogP contribution in [0.3, 0.4) is 0 Å². The molecular formula is C20H35IN4O. The van der Waals surface area contributed by atoms with E-state index < -0.39 is 0 Å². The highest BCUT2D eigenvalue weighted by Crippen LogP contribution is 2.14. The lowest BCUT2D eigenvalue weighted by molar-refractivity contribution is 0.268. The maximum Gasteiger partial charge on any atom is 0.191 e. The zero-order valence-corrected chi connectivity index (χ0v) is 18.3. The summed E-state index contributed by atoms with van der Waals surface area (Å²) in [6, 6.07) is 10.1. The van der Waals surface area contributed by atoms with Crippen LogP contribution >= 0.6 is 24.0 Å². The normalized spacial score (nSPS) is 16.2. The number of unbranched alkanes of at least 4 members (excludes halogenated alkanes) is 1. The molecule has 0 bridgehead atoms. The number of nitrogens with zero attached hydrogens (tertiary/aromatic N) is 2. The smallest absolute Gasteiger partial charge is 0.191 e. The highest BCUT2D eigenvalue weighted by Gasteiger charge is 2.11. The van der Waals surface area contributed by atoms with Gasteiger partial charge in [-0.25, -0.2) is 0 Å². The van der Waals surface area contributed by atoms with Gasteiger partial charge in [-0.3, -0.25) is 4.99 Å². The number of rotatable bonds is 10. The molecule has 1 atom stereocenters. The number of likely N-dealkylation sites (tertiary alicyclic amines) is 1. The first-order valence-electron chi connectivity index (χ1n) is 9.73. The fourth-order valence-corrected chi connectivity index (χ4v) is 3.21. The van der Waals surface area contributed by atoms with Gasteiger partial charge in [0.25, 0.3) is 0 Å². The van der Waals surface area contributed by atoms with Crippen molar-refractivity contribution < 1.29 is 5.11 Å². The summed E-state index contributed by atoms with van der Waals surface area (Å²) in [6.07, 6.45) is 5.12. The maximum absolute atomic E-state index is 9.66. The molecule has 1 saturated heterocycles. The number of aliphatic hydroxyl groups excluding tert-OH is 1. The molecule has 148 valence electrons. The van der Waals surface area contributed by atoms with E-state index in [4.69, 9.17) is 0 Å². The molecule has 1 fully saturated rings. The average Bonchev–Trinajstić information content (AvgIpc) is 3.16. The van der Waals surface area contributed by atoms with Crippen molar-refractivity contribution in [3.8, 4) is 0 Å². The van der Waals surface area contributed by atoms with E-state index in [1.807, 2.05) is 18.2 Å². The van der Waals surface area contributed by atoms with E-state index in [1.165, 1.54) is 38.9 Å². The molecule has 0 aromatic heterocycles. The van der Waals surface area contributed by atoms with Crippen molar-refractivity contribution in [3.63, 3.8) is 0 Å². The molecule has 3 N–H and O–H groups in total. The number of guanidine groups is 1. The molecule has 0 saturated carbocycles. The van der Waals surface area contributed by atoms with E-state index >= 15 is 0 Å².